The number of methoxy groups -OCH3 is 3. The highest BCUT2D eigenvalue weighted by molar-refractivity contribution is 5.96. The third-order valence-corrected chi connectivity index (χ3v) is 5.28. The van der Waals surface area contributed by atoms with E-state index in [0.29, 0.717) is 28.7 Å². The molecule has 1 heterocycles. The van der Waals surface area contributed by atoms with Gasteiger partial charge in [-0.1, -0.05) is 26.0 Å². The second-order valence-corrected chi connectivity index (χ2v) is 7.90. The van der Waals surface area contributed by atoms with E-state index in [1.165, 1.54) is 21.3 Å². The minimum atomic E-state index is -0.286. The zero-order chi connectivity index (χ0) is 22.5. The van der Waals surface area contributed by atoms with Crippen LogP contribution in [0.4, 0.5) is 0 Å². The van der Waals surface area contributed by atoms with Gasteiger partial charge in [-0.2, -0.15) is 0 Å². The molecule has 0 fully saturated rings. The van der Waals surface area contributed by atoms with Gasteiger partial charge in [-0.3, -0.25) is 4.79 Å². The van der Waals surface area contributed by atoms with Crippen LogP contribution >= 0.6 is 0 Å². The number of nitrogens with zero attached hydrogens (tertiary/aromatic N) is 2. The number of hydrogen-bond acceptors (Lipinski definition) is 5. The second-order valence-electron chi connectivity index (χ2n) is 7.90. The first-order chi connectivity index (χ1) is 14.9. The molecule has 1 atom stereocenters. The third-order valence-electron chi connectivity index (χ3n) is 5.28. The van der Waals surface area contributed by atoms with Gasteiger partial charge in [0, 0.05) is 12.1 Å². The lowest BCUT2D eigenvalue weighted by Crippen LogP contribution is -2.29. The molecule has 7 heteroatoms. The van der Waals surface area contributed by atoms with Gasteiger partial charge in [0.05, 0.1) is 38.4 Å². The summed E-state index contributed by atoms with van der Waals surface area (Å²) < 4.78 is 18.3. The molecule has 0 bridgehead atoms. The maximum Gasteiger partial charge on any atom is 0.252 e. The summed E-state index contributed by atoms with van der Waals surface area (Å²) >= 11 is 0. The van der Waals surface area contributed by atoms with Crippen molar-refractivity contribution in [1.29, 1.82) is 0 Å². The number of amides is 1. The van der Waals surface area contributed by atoms with Crippen LogP contribution in [0.15, 0.2) is 36.4 Å². The van der Waals surface area contributed by atoms with Crippen molar-refractivity contribution in [2.75, 3.05) is 21.3 Å². The number of imidazole rings is 1. The first kappa shape index (κ1) is 22.5. The minimum absolute atomic E-state index is 0.241. The normalized spacial score (nSPS) is 12.1. The average molecular weight is 426 g/mol. The summed E-state index contributed by atoms with van der Waals surface area (Å²) in [7, 11) is 4.58. The van der Waals surface area contributed by atoms with Crippen LogP contribution in [-0.4, -0.2) is 36.8 Å². The van der Waals surface area contributed by atoms with Crippen LogP contribution in [0, 0.1) is 5.92 Å². The number of hydrogen-bond donors (Lipinski definition) is 1. The van der Waals surface area contributed by atoms with Crippen LogP contribution in [0.25, 0.3) is 11.0 Å². The molecule has 1 amide bonds. The molecular formula is C24H31N3O4. The lowest BCUT2D eigenvalue weighted by molar-refractivity contribution is 0.0936. The average Bonchev–Trinajstić information content (AvgIpc) is 3.15. The van der Waals surface area contributed by atoms with E-state index in [0.717, 1.165) is 29.8 Å². The lowest BCUT2D eigenvalue weighted by Gasteiger charge is -2.18. The van der Waals surface area contributed by atoms with E-state index in [4.69, 9.17) is 19.2 Å². The number of carbonyl (C=O) groups excluding carboxylic acids is 1. The Morgan fingerprint density at radius 3 is 2.26 bits per heavy atom. The zero-order valence-corrected chi connectivity index (χ0v) is 19.1. The minimum Gasteiger partial charge on any atom is -0.493 e. The molecule has 3 aromatic rings. The Morgan fingerprint density at radius 2 is 1.68 bits per heavy atom. The van der Waals surface area contributed by atoms with E-state index in [9.17, 15) is 4.79 Å². The zero-order valence-electron chi connectivity index (χ0n) is 19.1. The molecule has 1 N–H and O–H groups in total. The maximum absolute atomic E-state index is 13.1. The number of ether oxygens (including phenoxy) is 3. The van der Waals surface area contributed by atoms with Gasteiger partial charge in [-0.05, 0) is 43.5 Å². The molecular weight excluding hydrogens is 394 g/mol. The molecule has 166 valence electrons. The van der Waals surface area contributed by atoms with Crippen LogP contribution in [0.3, 0.4) is 0 Å². The molecule has 0 saturated heterocycles. The van der Waals surface area contributed by atoms with Crippen molar-refractivity contribution < 1.29 is 19.0 Å². The highest BCUT2D eigenvalue weighted by Crippen LogP contribution is 2.38. The first-order valence-electron chi connectivity index (χ1n) is 10.5. The van der Waals surface area contributed by atoms with Gasteiger partial charge in [-0.25, -0.2) is 4.98 Å². The monoisotopic (exact) mass is 425 g/mol. The molecule has 1 unspecified atom stereocenters. The van der Waals surface area contributed by atoms with Crippen molar-refractivity contribution in [2.45, 2.75) is 39.8 Å². The molecule has 0 aliphatic rings. The van der Waals surface area contributed by atoms with Gasteiger partial charge in [-0.15, -0.1) is 0 Å². The number of rotatable bonds is 9. The van der Waals surface area contributed by atoms with Crippen molar-refractivity contribution in [1.82, 2.24) is 14.9 Å². The van der Waals surface area contributed by atoms with Crippen LogP contribution in [0.2, 0.25) is 0 Å². The Morgan fingerprint density at radius 1 is 1.03 bits per heavy atom. The molecule has 0 aliphatic carbocycles. The van der Waals surface area contributed by atoms with Crippen molar-refractivity contribution in [3.8, 4) is 17.2 Å². The van der Waals surface area contributed by atoms with Gasteiger partial charge in [0.1, 0.15) is 5.82 Å². The van der Waals surface area contributed by atoms with Crippen molar-refractivity contribution in [2.24, 2.45) is 5.92 Å². The van der Waals surface area contributed by atoms with Crippen molar-refractivity contribution in [3.63, 3.8) is 0 Å². The maximum atomic E-state index is 13.1. The number of nitrogens with one attached hydrogen (secondary N) is 1. The molecule has 0 radical (unpaired) electrons. The van der Waals surface area contributed by atoms with Gasteiger partial charge < -0.3 is 24.1 Å². The summed E-state index contributed by atoms with van der Waals surface area (Å²) in [6, 6.07) is 11.1. The van der Waals surface area contributed by atoms with E-state index >= 15 is 0 Å². The predicted molar refractivity (Wildman–Crippen MR) is 121 cm³/mol. The fourth-order valence-electron chi connectivity index (χ4n) is 3.60. The fourth-order valence-corrected chi connectivity index (χ4v) is 3.60. The molecule has 2 aromatic carbocycles. The number of benzene rings is 2. The molecule has 0 aliphatic heterocycles. The van der Waals surface area contributed by atoms with E-state index in [2.05, 4.69) is 29.8 Å². The molecule has 0 saturated carbocycles. The highest BCUT2D eigenvalue weighted by atomic mass is 16.5. The Balaban J connectivity index is 1.91. The SMILES string of the molecule is COc1cc(C(=O)NC(C)c2nc3ccccc3n2CCC(C)C)cc(OC)c1OC. The molecule has 0 spiro atoms. The Labute approximate surface area is 183 Å². The number of fused-ring (bicyclic) bond motifs is 1. The molecule has 1 aromatic heterocycles. The number of carbonyl (C=O) groups is 1. The van der Waals surface area contributed by atoms with Gasteiger partial charge in [0.25, 0.3) is 5.91 Å². The van der Waals surface area contributed by atoms with Crippen LogP contribution in [-0.2, 0) is 6.54 Å². The Bertz CT molecular complexity index is 1030. The highest BCUT2D eigenvalue weighted by Gasteiger charge is 2.22. The van der Waals surface area contributed by atoms with E-state index in [1.807, 2.05) is 25.1 Å². The van der Waals surface area contributed by atoms with Crippen LogP contribution < -0.4 is 19.5 Å². The summed E-state index contributed by atoms with van der Waals surface area (Å²) in [4.78, 5) is 17.9. The van der Waals surface area contributed by atoms with Gasteiger partial charge in [0.15, 0.2) is 11.5 Å². The van der Waals surface area contributed by atoms with Gasteiger partial charge in [0.2, 0.25) is 5.75 Å². The Kier molecular flexibility index (Phi) is 7.05. The molecule has 7 nitrogen and oxygen atoms in total. The summed E-state index contributed by atoms with van der Waals surface area (Å²) in [5, 5.41) is 3.07. The van der Waals surface area contributed by atoms with Crippen molar-refractivity contribution >= 4 is 16.9 Å². The number of aryl methyl sites for hydroxylation is 1. The first-order valence-corrected chi connectivity index (χ1v) is 10.5. The summed E-state index contributed by atoms with van der Waals surface area (Å²) in [5.41, 5.74) is 2.42. The largest absolute Gasteiger partial charge is 0.493 e. The number of para-hydroxylation sites is 2. The second kappa shape index (κ2) is 9.73. The molecule has 31 heavy (non-hydrogen) atoms. The van der Waals surface area contributed by atoms with E-state index in [-0.39, 0.29) is 11.9 Å². The lowest BCUT2D eigenvalue weighted by atomic mass is 10.1. The summed E-state index contributed by atoms with van der Waals surface area (Å²) in [5.74, 6) is 2.48. The topological polar surface area (TPSA) is 74.6 Å². The van der Waals surface area contributed by atoms with Crippen molar-refractivity contribution in [3.05, 3.63) is 47.8 Å². The smallest absolute Gasteiger partial charge is 0.252 e. The quantitative estimate of drug-likeness (QED) is 0.542. The predicted octanol–water partition coefficient (Wildman–Crippen LogP) is 4.60. The Hall–Kier alpha value is -3.22. The van der Waals surface area contributed by atoms with E-state index in [1.54, 1.807) is 12.1 Å². The standard InChI is InChI=1S/C24H31N3O4/c1-15(2)11-12-27-19-10-8-7-9-18(19)26-23(27)16(3)25-24(28)17-13-20(29-4)22(31-6)21(14-17)30-5/h7-10,13-16H,11-12H2,1-6H3,(H,25,28). The summed E-state index contributed by atoms with van der Waals surface area (Å²) in [6.07, 6.45) is 1.03. The molecule has 3 rings (SSSR count). The summed E-state index contributed by atoms with van der Waals surface area (Å²) in [6.45, 7) is 7.20. The van der Waals surface area contributed by atoms with Crippen LogP contribution in [0.1, 0.15) is 49.4 Å². The third kappa shape index (κ3) is 4.76. The van der Waals surface area contributed by atoms with Crippen LogP contribution in [0.5, 0.6) is 17.2 Å². The number of aromatic nitrogens is 2. The fraction of sp³-hybridized carbons (Fsp3) is 0.417. The van der Waals surface area contributed by atoms with Gasteiger partial charge >= 0.3 is 0 Å². The van der Waals surface area contributed by atoms with E-state index < -0.39 is 0 Å².